The fourth-order valence-corrected chi connectivity index (χ4v) is 1.50. The molecule has 0 radical (unpaired) electrons. The monoisotopic (exact) mass is 170 g/mol. The van der Waals surface area contributed by atoms with Crippen LogP contribution in [-0.4, -0.2) is 25.1 Å². The van der Waals surface area contributed by atoms with Crippen molar-refractivity contribution in [3.8, 4) is 0 Å². The maximum atomic E-state index is 5.59. The van der Waals surface area contributed by atoms with E-state index in [1.165, 1.54) is 25.7 Å². The van der Waals surface area contributed by atoms with Gasteiger partial charge in [-0.2, -0.15) is 0 Å². The minimum absolute atomic E-state index is 0.498. The Bertz CT molecular complexity index is 147. The van der Waals surface area contributed by atoms with Crippen molar-refractivity contribution in [2.24, 2.45) is 10.7 Å². The predicted molar refractivity (Wildman–Crippen MR) is 50.4 cm³/mol. The van der Waals surface area contributed by atoms with Gasteiger partial charge in [0.1, 0.15) is 0 Å². The third-order valence-electron chi connectivity index (χ3n) is 2.11. The zero-order valence-electron chi connectivity index (χ0n) is 7.75. The highest BCUT2D eigenvalue weighted by molar-refractivity contribution is 5.77. The van der Waals surface area contributed by atoms with Gasteiger partial charge in [-0.1, -0.05) is 12.8 Å². The number of nitrogens with zero attached hydrogens (tertiary/aromatic N) is 1. The lowest BCUT2D eigenvalue weighted by Gasteiger charge is -2.08. The Morgan fingerprint density at radius 2 is 2.17 bits per heavy atom. The van der Waals surface area contributed by atoms with Crippen LogP contribution in [0.3, 0.4) is 0 Å². The molecule has 0 aromatic heterocycles. The first-order valence-electron chi connectivity index (χ1n) is 4.67. The lowest BCUT2D eigenvalue weighted by atomic mass is 10.3. The molecule has 12 heavy (non-hydrogen) atoms. The molecular formula is C9H18N2O. The molecule has 0 aliphatic heterocycles. The van der Waals surface area contributed by atoms with E-state index in [0.29, 0.717) is 18.5 Å². The van der Waals surface area contributed by atoms with Crippen molar-refractivity contribution >= 4 is 5.84 Å². The SMILES string of the molecule is CC(N)=NCCOC1CCCC1. The van der Waals surface area contributed by atoms with Gasteiger partial charge >= 0.3 is 0 Å². The zero-order chi connectivity index (χ0) is 8.81. The summed E-state index contributed by atoms with van der Waals surface area (Å²) in [5.41, 5.74) is 5.38. The van der Waals surface area contributed by atoms with Crippen molar-refractivity contribution in [2.75, 3.05) is 13.2 Å². The minimum atomic E-state index is 0.498. The highest BCUT2D eigenvalue weighted by Crippen LogP contribution is 2.20. The van der Waals surface area contributed by atoms with Crippen molar-refractivity contribution in [2.45, 2.75) is 38.7 Å². The van der Waals surface area contributed by atoms with Crippen molar-refractivity contribution < 1.29 is 4.74 Å². The summed E-state index contributed by atoms with van der Waals surface area (Å²) in [6.45, 7) is 3.23. The van der Waals surface area contributed by atoms with Gasteiger partial charge in [-0.15, -0.1) is 0 Å². The van der Waals surface area contributed by atoms with Crippen LogP contribution in [0.25, 0.3) is 0 Å². The molecule has 3 nitrogen and oxygen atoms in total. The maximum absolute atomic E-state index is 5.59. The van der Waals surface area contributed by atoms with Gasteiger partial charge in [-0.25, -0.2) is 0 Å². The van der Waals surface area contributed by atoms with Crippen LogP contribution >= 0.6 is 0 Å². The van der Waals surface area contributed by atoms with E-state index in [1.807, 2.05) is 0 Å². The Balaban J connectivity index is 1.98. The highest BCUT2D eigenvalue weighted by atomic mass is 16.5. The molecule has 0 aromatic rings. The first-order chi connectivity index (χ1) is 5.79. The summed E-state index contributed by atoms with van der Waals surface area (Å²) in [4.78, 5) is 4.05. The summed E-state index contributed by atoms with van der Waals surface area (Å²) in [5, 5.41) is 0. The molecule has 0 heterocycles. The van der Waals surface area contributed by atoms with Crippen LogP contribution in [0.1, 0.15) is 32.6 Å². The molecule has 1 rings (SSSR count). The van der Waals surface area contributed by atoms with Crippen LogP contribution in [0, 0.1) is 0 Å². The number of amidine groups is 1. The van der Waals surface area contributed by atoms with Gasteiger partial charge in [0.15, 0.2) is 0 Å². The maximum Gasteiger partial charge on any atom is 0.0906 e. The van der Waals surface area contributed by atoms with Crippen LogP contribution in [0.5, 0.6) is 0 Å². The first-order valence-corrected chi connectivity index (χ1v) is 4.67. The molecule has 1 fully saturated rings. The van der Waals surface area contributed by atoms with Crippen molar-refractivity contribution in [3.05, 3.63) is 0 Å². The third-order valence-corrected chi connectivity index (χ3v) is 2.11. The minimum Gasteiger partial charge on any atom is -0.388 e. The third kappa shape index (κ3) is 3.72. The van der Waals surface area contributed by atoms with Gasteiger partial charge in [-0.05, 0) is 19.8 Å². The van der Waals surface area contributed by atoms with Crippen molar-refractivity contribution in [3.63, 3.8) is 0 Å². The Hall–Kier alpha value is -0.570. The highest BCUT2D eigenvalue weighted by Gasteiger charge is 2.14. The predicted octanol–water partition coefficient (Wildman–Crippen LogP) is 1.32. The fourth-order valence-electron chi connectivity index (χ4n) is 1.50. The van der Waals surface area contributed by atoms with Gasteiger partial charge in [-0.3, -0.25) is 4.99 Å². The van der Waals surface area contributed by atoms with Crippen LogP contribution in [0.2, 0.25) is 0 Å². The van der Waals surface area contributed by atoms with Crippen LogP contribution in [0.4, 0.5) is 0 Å². The molecule has 0 atom stereocenters. The Morgan fingerprint density at radius 3 is 2.75 bits per heavy atom. The van der Waals surface area contributed by atoms with E-state index in [-0.39, 0.29) is 0 Å². The number of rotatable bonds is 4. The molecule has 70 valence electrons. The number of hydrogen-bond acceptors (Lipinski definition) is 2. The largest absolute Gasteiger partial charge is 0.388 e. The second-order valence-electron chi connectivity index (χ2n) is 3.30. The van der Waals surface area contributed by atoms with E-state index in [2.05, 4.69) is 4.99 Å². The lowest BCUT2D eigenvalue weighted by Crippen LogP contribution is -2.12. The van der Waals surface area contributed by atoms with E-state index in [1.54, 1.807) is 6.92 Å². The Kier molecular flexibility index (Phi) is 4.08. The molecule has 0 saturated heterocycles. The molecule has 1 saturated carbocycles. The topological polar surface area (TPSA) is 47.6 Å². The van der Waals surface area contributed by atoms with Crippen molar-refractivity contribution in [1.82, 2.24) is 0 Å². The van der Waals surface area contributed by atoms with E-state index < -0.39 is 0 Å². The zero-order valence-corrected chi connectivity index (χ0v) is 7.75. The average molecular weight is 170 g/mol. The van der Waals surface area contributed by atoms with E-state index in [0.717, 1.165) is 6.61 Å². The molecule has 1 aliphatic carbocycles. The van der Waals surface area contributed by atoms with Gasteiger partial charge in [0.05, 0.1) is 25.1 Å². The summed E-state index contributed by atoms with van der Waals surface area (Å²) in [7, 11) is 0. The summed E-state index contributed by atoms with van der Waals surface area (Å²) in [6, 6.07) is 0. The Morgan fingerprint density at radius 1 is 1.50 bits per heavy atom. The summed E-state index contributed by atoms with van der Waals surface area (Å²) in [5.74, 6) is 0.644. The van der Waals surface area contributed by atoms with E-state index in [4.69, 9.17) is 10.5 Å². The smallest absolute Gasteiger partial charge is 0.0906 e. The van der Waals surface area contributed by atoms with Crippen LogP contribution < -0.4 is 5.73 Å². The standard InChI is InChI=1S/C9H18N2O/c1-8(10)11-6-7-12-9-4-2-3-5-9/h9H,2-7H2,1H3,(H2,10,11). The quantitative estimate of drug-likeness (QED) is 0.393. The molecule has 0 unspecified atom stereocenters. The average Bonchev–Trinajstić information content (AvgIpc) is 2.49. The molecule has 2 N–H and O–H groups in total. The molecule has 0 aromatic carbocycles. The molecular weight excluding hydrogens is 152 g/mol. The second-order valence-corrected chi connectivity index (χ2v) is 3.30. The number of ether oxygens (including phenoxy) is 1. The molecule has 1 aliphatic rings. The van der Waals surface area contributed by atoms with Gasteiger partial charge in [0, 0.05) is 0 Å². The Labute approximate surface area is 74.0 Å². The van der Waals surface area contributed by atoms with E-state index in [9.17, 15) is 0 Å². The normalized spacial score (nSPS) is 20.2. The van der Waals surface area contributed by atoms with Gasteiger partial charge in [0.2, 0.25) is 0 Å². The van der Waals surface area contributed by atoms with E-state index >= 15 is 0 Å². The second kappa shape index (κ2) is 5.14. The van der Waals surface area contributed by atoms with Gasteiger partial charge < -0.3 is 10.5 Å². The fraction of sp³-hybridized carbons (Fsp3) is 0.889. The lowest BCUT2D eigenvalue weighted by molar-refractivity contribution is 0.0643. The van der Waals surface area contributed by atoms with Crippen LogP contribution in [0.15, 0.2) is 4.99 Å². The first kappa shape index (κ1) is 9.52. The van der Waals surface area contributed by atoms with Gasteiger partial charge in [0.25, 0.3) is 0 Å². The van der Waals surface area contributed by atoms with Crippen LogP contribution in [-0.2, 0) is 4.74 Å². The number of nitrogens with two attached hydrogens (primary N) is 1. The number of aliphatic imine (C=N–C) groups is 1. The molecule has 3 heteroatoms. The molecule has 0 bridgehead atoms. The molecule has 0 amide bonds. The summed E-state index contributed by atoms with van der Waals surface area (Å²) in [6.07, 6.45) is 5.60. The molecule has 0 spiro atoms. The summed E-state index contributed by atoms with van der Waals surface area (Å²) >= 11 is 0. The van der Waals surface area contributed by atoms with Crippen molar-refractivity contribution in [1.29, 1.82) is 0 Å². The summed E-state index contributed by atoms with van der Waals surface area (Å²) < 4.78 is 5.59. The number of hydrogen-bond donors (Lipinski definition) is 1.